The van der Waals surface area contributed by atoms with Gasteiger partial charge in [0.2, 0.25) is 5.89 Å². The van der Waals surface area contributed by atoms with Crippen molar-refractivity contribution in [3.63, 3.8) is 0 Å². The van der Waals surface area contributed by atoms with Crippen LogP contribution in [0.15, 0.2) is 4.52 Å². The van der Waals surface area contributed by atoms with Crippen LogP contribution in [0.3, 0.4) is 0 Å². The Bertz CT molecular complexity index is 430. The van der Waals surface area contributed by atoms with Gasteiger partial charge in [0.05, 0.1) is 5.92 Å². The smallest absolute Gasteiger partial charge is 0.231 e. The summed E-state index contributed by atoms with van der Waals surface area (Å²) in [6.07, 6.45) is 4.93. The predicted octanol–water partition coefficient (Wildman–Crippen LogP) is 3.08. The number of nitrogens with zero attached hydrogens (tertiary/aromatic N) is 2. The van der Waals surface area contributed by atoms with Crippen molar-refractivity contribution >= 4 is 0 Å². The Morgan fingerprint density at radius 3 is 2.58 bits per heavy atom. The Balaban J connectivity index is 1.68. The zero-order chi connectivity index (χ0) is 13.5. The molecule has 2 unspecified atom stereocenters. The number of nitrogens with one attached hydrogen (secondary N) is 1. The lowest BCUT2D eigenvalue weighted by Crippen LogP contribution is -2.20. The molecule has 0 spiro atoms. The Labute approximate surface area is 115 Å². The van der Waals surface area contributed by atoms with Gasteiger partial charge in [0, 0.05) is 12.5 Å². The van der Waals surface area contributed by atoms with Crippen LogP contribution in [0, 0.1) is 11.3 Å². The molecule has 0 bridgehead atoms. The largest absolute Gasteiger partial charge is 0.339 e. The first kappa shape index (κ1) is 13.1. The van der Waals surface area contributed by atoms with Crippen molar-refractivity contribution in [3.8, 4) is 0 Å². The molecule has 1 aromatic heterocycles. The zero-order valence-corrected chi connectivity index (χ0v) is 12.3. The maximum absolute atomic E-state index is 5.52. The van der Waals surface area contributed by atoms with Crippen molar-refractivity contribution in [2.45, 2.75) is 58.3 Å². The minimum absolute atomic E-state index is 0.404. The van der Waals surface area contributed by atoms with Gasteiger partial charge in [-0.3, -0.25) is 0 Å². The number of rotatable bonds is 2. The third-order valence-electron chi connectivity index (χ3n) is 5.00. The fourth-order valence-corrected chi connectivity index (χ4v) is 3.36. The van der Waals surface area contributed by atoms with Crippen LogP contribution in [0.25, 0.3) is 0 Å². The summed E-state index contributed by atoms with van der Waals surface area (Å²) in [5.41, 5.74) is 0.493. The quantitative estimate of drug-likeness (QED) is 0.891. The van der Waals surface area contributed by atoms with E-state index in [2.05, 4.69) is 31.2 Å². The SMILES string of the molecule is CC1CNCC1c1nc(C2CCC(C)(C)CC2)no1. The molecule has 0 radical (unpaired) electrons. The van der Waals surface area contributed by atoms with Crippen molar-refractivity contribution in [2.24, 2.45) is 11.3 Å². The van der Waals surface area contributed by atoms with Crippen LogP contribution < -0.4 is 5.32 Å². The molecule has 106 valence electrons. The number of hydrogen-bond donors (Lipinski definition) is 1. The maximum atomic E-state index is 5.52. The van der Waals surface area contributed by atoms with Crippen LogP contribution in [0.4, 0.5) is 0 Å². The predicted molar refractivity (Wildman–Crippen MR) is 74.1 cm³/mol. The lowest BCUT2D eigenvalue weighted by molar-refractivity contribution is 0.218. The highest BCUT2D eigenvalue weighted by atomic mass is 16.5. The van der Waals surface area contributed by atoms with Gasteiger partial charge in [0.1, 0.15) is 0 Å². The topological polar surface area (TPSA) is 51.0 Å². The molecule has 3 rings (SSSR count). The lowest BCUT2D eigenvalue weighted by atomic mass is 9.73. The van der Waals surface area contributed by atoms with Gasteiger partial charge in [-0.25, -0.2) is 0 Å². The molecule has 4 heteroatoms. The first-order chi connectivity index (χ1) is 9.05. The third-order valence-corrected chi connectivity index (χ3v) is 5.00. The summed E-state index contributed by atoms with van der Waals surface area (Å²) < 4.78 is 5.52. The molecule has 1 saturated carbocycles. The minimum Gasteiger partial charge on any atom is -0.339 e. The van der Waals surface area contributed by atoms with Crippen LogP contribution in [0.5, 0.6) is 0 Å². The first-order valence-corrected chi connectivity index (χ1v) is 7.59. The van der Waals surface area contributed by atoms with Gasteiger partial charge < -0.3 is 9.84 Å². The van der Waals surface area contributed by atoms with Crippen LogP contribution in [-0.4, -0.2) is 23.2 Å². The molecule has 2 fully saturated rings. The molecular formula is C15H25N3O. The highest BCUT2D eigenvalue weighted by molar-refractivity contribution is 5.04. The molecular weight excluding hydrogens is 238 g/mol. The average molecular weight is 263 g/mol. The summed E-state index contributed by atoms with van der Waals surface area (Å²) >= 11 is 0. The van der Waals surface area contributed by atoms with Crippen molar-refractivity contribution < 1.29 is 4.52 Å². The van der Waals surface area contributed by atoms with Crippen molar-refractivity contribution in [2.75, 3.05) is 13.1 Å². The Morgan fingerprint density at radius 1 is 1.21 bits per heavy atom. The summed E-state index contributed by atoms with van der Waals surface area (Å²) in [5, 5.41) is 7.65. The fraction of sp³-hybridized carbons (Fsp3) is 0.867. The van der Waals surface area contributed by atoms with Gasteiger partial charge in [-0.1, -0.05) is 25.9 Å². The summed E-state index contributed by atoms with van der Waals surface area (Å²) in [5.74, 6) is 3.30. The molecule has 2 heterocycles. The maximum Gasteiger partial charge on any atom is 0.231 e. The Hall–Kier alpha value is -0.900. The summed E-state index contributed by atoms with van der Waals surface area (Å²) in [6, 6.07) is 0. The van der Waals surface area contributed by atoms with Gasteiger partial charge in [-0.05, 0) is 43.6 Å². The highest BCUT2D eigenvalue weighted by Crippen LogP contribution is 2.41. The summed E-state index contributed by atoms with van der Waals surface area (Å²) in [6.45, 7) is 8.99. The molecule has 1 aliphatic heterocycles. The van der Waals surface area contributed by atoms with E-state index in [0.717, 1.165) is 24.8 Å². The molecule has 2 aliphatic rings. The monoisotopic (exact) mass is 263 g/mol. The van der Waals surface area contributed by atoms with E-state index in [9.17, 15) is 0 Å². The second-order valence-electron chi connectivity index (χ2n) is 7.17. The molecule has 1 N–H and O–H groups in total. The zero-order valence-electron chi connectivity index (χ0n) is 12.3. The van der Waals surface area contributed by atoms with E-state index in [1.54, 1.807) is 0 Å². The van der Waals surface area contributed by atoms with Crippen LogP contribution in [-0.2, 0) is 0 Å². The van der Waals surface area contributed by atoms with E-state index >= 15 is 0 Å². The van der Waals surface area contributed by atoms with E-state index < -0.39 is 0 Å². The van der Waals surface area contributed by atoms with Gasteiger partial charge >= 0.3 is 0 Å². The van der Waals surface area contributed by atoms with Crippen molar-refractivity contribution in [1.82, 2.24) is 15.5 Å². The molecule has 1 aliphatic carbocycles. The second-order valence-corrected chi connectivity index (χ2v) is 7.17. The van der Waals surface area contributed by atoms with Crippen LogP contribution >= 0.6 is 0 Å². The van der Waals surface area contributed by atoms with E-state index in [1.807, 2.05) is 0 Å². The number of aromatic nitrogens is 2. The normalized spacial score (nSPS) is 31.7. The highest BCUT2D eigenvalue weighted by Gasteiger charge is 2.33. The average Bonchev–Trinajstić information content (AvgIpc) is 2.97. The van der Waals surface area contributed by atoms with Gasteiger partial charge in [-0.2, -0.15) is 4.98 Å². The Kier molecular flexibility index (Phi) is 3.37. The molecule has 4 nitrogen and oxygen atoms in total. The van der Waals surface area contributed by atoms with Gasteiger partial charge in [0.15, 0.2) is 5.82 Å². The van der Waals surface area contributed by atoms with Gasteiger partial charge in [-0.15, -0.1) is 0 Å². The minimum atomic E-state index is 0.404. The molecule has 2 atom stereocenters. The molecule has 1 saturated heterocycles. The van der Waals surface area contributed by atoms with Gasteiger partial charge in [0.25, 0.3) is 0 Å². The first-order valence-electron chi connectivity index (χ1n) is 7.59. The van der Waals surface area contributed by atoms with Crippen molar-refractivity contribution in [1.29, 1.82) is 0 Å². The molecule has 0 amide bonds. The van der Waals surface area contributed by atoms with E-state index in [-0.39, 0.29) is 0 Å². The van der Waals surface area contributed by atoms with E-state index in [1.165, 1.54) is 25.7 Å². The van der Waals surface area contributed by atoms with E-state index in [4.69, 9.17) is 9.51 Å². The molecule has 0 aromatic carbocycles. The second kappa shape index (κ2) is 4.89. The van der Waals surface area contributed by atoms with Crippen molar-refractivity contribution in [3.05, 3.63) is 11.7 Å². The van der Waals surface area contributed by atoms with E-state index in [0.29, 0.717) is 23.2 Å². The lowest BCUT2D eigenvalue weighted by Gasteiger charge is -2.32. The standard InChI is InChI=1S/C15H25N3O/c1-10-8-16-9-12(10)14-17-13(18-19-14)11-4-6-15(2,3)7-5-11/h10-12,16H,4-9H2,1-3H3. The molecule has 1 aromatic rings. The summed E-state index contributed by atoms with van der Waals surface area (Å²) in [4.78, 5) is 4.70. The van der Waals surface area contributed by atoms with Crippen LogP contribution in [0.2, 0.25) is 0 Å². The Morgan fingerprint density at radius 2 is 1.95 bits per heavy atom. The van der Waals surface area contributed by atoms with Crippen LogP contribution in [0.1, 0.15) is 70.0 Å². The molecule has 19 heavy (non-hydrogen) atoms. The fourth-order valence-electron chi connectivity index (χ4n) is 3.36. The summed E-state index contributed by atoms with van der Waals surface area (Å²) in [7, 11) is 0. The number of hydrogen-bond acceptors (Lipinski definition) is 4. The third kappa shape index (κ3) is 2.69.